The molecule has 138 valence electrons. The van der Waals surface area contributed by atoms with Crippen LogP contribution in [-0.4, -0.2) is 21.3 Å². The molecule has 0 aliphatic heterocycles. The highest BCUT2D eigenvalue weighted by Gasteiger charge is 2.31. The van der Waals surface area contributed by atoms with Gasteiger partial charge in [-0.05, 0) is 30.7 Å². The van der Waals surface area contributed by atoms with Gasteiger partial charge in [0.05, 0.1) is 7.11 Å². The molecule has 24 heavy (non-hydrogen) atoms. The lowest BCUT2D eigenvalue weighted by molar-refractivity contribution is -0.221. The summed E-state index contributed by atoms with van der Waals surface area (Å²) in [6, 6.07) is 7.97. The van der Waals surface area contributed by atoms with E-state index in [4.69, 9.17) is 14.2 Å². The first-order chi connectivity index (χ1) is 11.7. The van der Waals surface area contributed by atoms with Crippen LogP contribution >= 0.6 is 0 Å². The van der Waals surface area contributed by atoms with Crippen LogP contribution in [0, 0.1) is 0 Å². The van der Waals surface area contributed by atoms with Crippen LogP contribution in [0.1, 0.15) is 76.7 Å². The fraction of sp³-hybridized carbons (Fsp3) is 0.714. The van der Waals surface area contributed by atoms with E-state index in [0.717, 1.165) is 24.2 Å². The molecule has 1 rings (SSSR count). The maximum atomic E-state index is 5.76. The highest BCUT2D eigenvalue weighted by molar-refractivity contribution is 5.29. The zero-order valence-electron chi connectivity index (χ0n) is 16.1. The van der Waals surface area contributed by atoms with Gasteiger partial charge in [-0.25, -0.2) is 0 Å². The summed E-state index contributed by atoms with van der Waals surface area (Å²) in [7, 11) is 5.13. The van der Waals surface area contributed by atoms with E-state index in [9.17, 15) is 0 Å². The smallest absolute Gasteiger partial charge is 0.194 e. The summed E-state index contributed by atoms with van der Waals surface area (Å²) in [6.45, 7) is 2.26. The predicted molar refractivity (Wildman–Crippen MR) is 101 cm³/mol. The molecule has 0 aliphatic carbocycles. The van der Waals surface area contributed by atoms with E-state index in [1.165, 1.54) is 51.4 Å². The summed E-state index contributed by atoms with van der Waals surface area (Å²) in [5.41, 5.74) is 1.05. The second-order valence-electron chi connectivity index (χ2n) is 6.47. The Balaban J connectivity index is 2.37. The van der Waals surface area contributed by atoms with E-state index in [1.807, 2.05) is 24.3 Å². The molecule has 0 amide bonds. The molecule has 3 nitrogen and oxygen atoms in total. The molecule has 0 fully saturated rings. The molecule has 1 aromatic rings. The minimum atomic E-state index is -0.645. The van der Waals surface area contributed by atoms with E-state index in [2.05, 4.69) is 6.92 Å². The number of benzene rings is 1. The third-order valence-corrected chi connectivity index (χ3v) is 4.80. The normalized spacial score (nSPS) is 11.7. The Labute approximate surface area is 148 Å². The van der Waals surface area contributed by atoms with Crippen molar-refractivity contribution in [2.45, 2.75) is 76.9 Å². The quantitative estimate of drug-likeness (QED) is 0.305. The molecule has 0 aromatic heterocycles. The van der Waals surface area contributed by atoms with Gasteiger partial charge >= 0.3 is 0 Å². The highest BCUT2D eigenvalue weighted by atomic mass is 16.7. The fourth-order valence-electron chi connectivity index (χ4n) is 3.18. The third kappa shape index (κ3) is 6.82. The largest absolute Gasteiger partial charge is 0.497 e. The molecule has 0 bridgehead atoms. The van der Waals surface area contributed by atoms with Crippen molar-refractivity contribution in [2.24, 2.45) is 0 Å². The number of ether oxygens (including phenoxy) is 3. The van der Waals surface area contributed by atoms with Gasteiger partial charge < -0.3 is 14.2 Å². The van der Waals surface area contributed by atoms with E-state index in [1.54, 1.807) is 21.3 Å². The van der Waals surface area contributed by atoms with Crippen LogP contribution < -0.4 is 4.74 Å². The van der Waals surface area contributed by atoms with Crippen molar-refractivity contribution in [1.29, 1.82) is 0 Å². The van der Waals surface area contributed by atoms with Crippen molar-refractivity contribution in [1.82, 2.24) is 0 Å². The van der Waals surface area contributed by atoms with Crippen molar-refractivity contribution in [2.75, 3.05) is 21.3 Å². The third-order valence-electron chi connectivity index (χ3n) is 4.80. The van der Waals surface area contributed by atoms with Crippen molar-refractivity contribution < 1.29 is 14.2 Å². The molecule has 0 saturated heterocycles. The zero-order chi connectivity index (χ0) is 17.7. The molecule has 0 N–H and O–H groups in total. The Morgan fingerprint density at radius 2 is 1.21 bits per heavy atom. The van der Waals surface area contributed by atoms with Crippen LogP contribution in [0.5, 0.6) is 5.75 Å². The number of hydrogen-bond acceptors (Lipinski definition) is 3. The lowest BCUT2D eigenvalue weighted by Gasteiger charge is -2.31. The monoisotopic (exact) mass is 336 g/mol. The summed E-state index contributed by atoms with van der Waals surface area (Å²) in [4.78, 5) is 0. The van der Waals surface area contributed by atoms with E-state index in [0.29, 0.717) is 0 Å². The van der Waals surface area contributed by atoms with Gasteiger partial charge in [0, 0.05) is 26.2 Å². The first-order valence-corrected chi connectivity index (χ1v) is 9.47. The van der Waals surface area contributed by atoms with Crippen molar-refractivity contribution in [3.63, 3.8) is 0 Å². The van der Waals surface area contributed by atoms with E-state index >= 15 is 0 Å². The Kier molecular flexibility index (Phi) is 10.8. The molecular weight excluding hydrogens is 300 g/mol. The second kappa shape index (κ2) is 12.3. The summed E-state index contributed by atoms with van der Waals surface area (Å²) in [6.07, 6.45) is 12.7. The van der Waals surface area contributed by atoms with Gasteiger partial charge in [0.2, 0.25) is 0 Å². The van der Waals surface area contributed by atoms with E-state index in [-0.39, 0.29) is 0 Å². The van der Waals surface area contributed by atoms with Crippen LogP contribution in [0.25, 0.3) is 0 Å². The Bertz CT molecular complexity index is 410. The first-order valence-electron chi connectivity index (χ1n) is 9.47. The molecule has 1 aromatic carbocycles. The summed E-state index contributed by atoms with van der Waals surface area (Å²) < 4.78 is 16.7. The maximum Gasteiger partial charge on any atom is 0.194 e. The van der Waals surface area contributed by atoms with Crippen molar-refractivity contribution in [3.05, 3.63) is 29.8 Å². The number of unbranched alkanes of at least 4 members (excludes halogenated alkanes) is 8. The number of rotatable bonds is 14. The molecular formula is C21H36O3. The molecule has 0 saturated carbocycles. The van der Waals surface area contributed by atoms with Gasteiger partial charge in [0.25, 0.3) is 0 Å². The van der Waals surface area contributed by atoms with Crippen LogP contribution in [0.4, 0.5) is 0 Å². The summed E-state index contributed by atoms with van der Waals surface area (Å²) in [5, 5.41) is 0. The molecule has 0 heterocycles. The van der Waals surface area contributed by atoms with Gasteiger partial charge in [-0.1, -0.05) is 58.3 Å². The van der Waals surface area contributed by atoms with Crippen LogP contribution in [-0.2, 0) is 15.3 Å². The number of hydrogen-bond donors (Lipinski definition) is 0. The Morgan fingerprint density at radius 1 is 0.708 bits per heavy atom. The minimum absolute atomic E-state index is 0.645. The van der Waals surface area contributed by atoms with Gasteiger partial charge in [0.1, 0.15) is 5.75 Å². The van der Waals surface area contributed by atoms with Gasteiger partial charge in [0.15, 0.2) is 5.79 Å². The van der Waals surface area contributed by atoms with Gasteiger partial charge in [-0.2, -0.15) is 0 Å². The fourth-order valence-corrected chi connectivity index (χ4v) is 3.18. The molecule has 0 atom stereocenters. The van der Waals surface area contributed by atoms with Crippen LogP contribution in [0.2, 0.25) is 0 Å². The standard InChI is InChI=1S/C21H36O3/c1-5-6-7-8-9-10-11-12-13-18-21(23-3,24-4)19-14-16-20(22-2)17-15-19/h14-17H,5-13,18H2,1-4H3. The van der Waals surface area contributed by atoms with Crippen molar-refractivity contribution >= 4 is 0 Å². The maximum absolute atomic E-state index is 5.76. The lowest BCUT2D eigenvalue weighted by Crippen LogP contribution is -2.30. The Hall–Kier alpha value is -1.06. The molecule has 3 heteroatoms. The average molecular weight is 337 g/mol. The minimum Gasteiger partial charge on any atom is -0.497 e. The predicted octanol–water partition coefficient (Wildman–Crippen LogP) is 6.06. The summed E-state index contributed by atoms with van der Waals surface area (Å²) >= 11 is 0. The average Bonchev–Trinajstić information content (AvgIpc) is 2.64. The van der Waals surface area contributed by atoms with Gasteiger partial charge in [-0.15, -0.1) is 0 Å². The molecule has 0 aliphatic rings. The highest BCUT2D eigenvalue weighted by Crippen LogP contribution is 2.33. The molecule has 0 unspecified atom stereocenters. The number of methoxy groups -OCH3 is 3. The van der Waals surface area contributed by atoms with E-state index < -0.39 is 5.79 Å². The van der Waals surface area contributed by atoms with Gasteiger partial charge in [-0.3, -0.25) is 0 Å². The molecule has 0 radical (unpaired) electrons. The lowest BCUT2D eigenvalue weighted by atomic mass is 9.97. The van der Waals surface area contributed by atoms with Crippen LogP contribution in [0.3, 0.4) is 0 Å². The van der Waals surface area contributed by atoms with Crippen LogP contribution in [0.15, 0.2) is 24.3 Å². The first kappa shape index (κ1) is 21.0. The second-order valence-corrected chi connectivity index (χ2v) is 6.47. The molecule has 0 spiro atoms. The summed E-state index contributed by atoms with van der Waals surface area (Å²) in [5.74, 6) is 0.204. The zero-order valence-corrected chi connectivity index (χ0v) is 16.1. The SMILES string of the molecule is CCCCCCCCCCCC(OC)(OC)c1ccc(OC)cc1. The Morgan fingerprint density at radius 3 is 1.67 bits per heavy atom. The van der Waals surface area contributed by atoms with Crippen molar-refractivity contribution in [3.8, 4) is 5.75 Å². The topological polar surface area (TPSA) is 27.7 Å².